The monoisotopic (exact) mass is 551 g/mol. The number of imidazole rings is 1. The summed E-state index contributed by atoms with van der Waals surface area (Å²) in [5, 5.41) is 3.08. The summed E-state index contributed by atoms with van der Waals surface area (Å²) in [4.78, 5) is 21.6. The Labute approximate surface area is 227 Å². The molecule has 2 aliphatic rings. The maximum absolute atomic E-state index is 13.7. The number of rotatable bonds is 7. The second kappa shape index (κ2) is 10.7. The van der Waals surface area contributed by atoms with Gasteiger partial charge in [-0.25, -0.2) is 22.1 Å². The van der Waals surface area contributed by atoms with Gasteiger partial charge in [0.25, 0.3) is 5.56 Å². The number of hydrogen-bond acceptors (Lipinski definition) is 4. The zero-order chi connectivity index (χ0) is 27.0. The first-order chi connectivity index (χ1) is 18.9. The van der Waals surface area contributed by atoms with Crippen LogP contribution in [0.4, 0.5) is 4.39 Å². The topological polar surface area (TPSA) is 104 Å². The lowest BCUT2D eigenvalue weighted by molar-refractivity contribution is 0.307. The number of fused-ring (bicyclic) bond motifs is 1. The maximum atomic E-state index is 13.7. The second-order valence-corrected chi connectivity index (χ2v) is 13.0. The third-order valence-electron chi connectivity index (χ3n) is 8.38. The first-order valence-electron chi connectivity index (χ1n) is 13.9. The number of nitrogens with zero attached hydrogens (tertiary/aromatic N) is 3. The molecule has 3 heterocycles. The van der Waals surface area contributed by atoms with Crippen molar-refractivity contribution in [2.24, 2.45) is 0 Å². The van der Waals surface area contributed by atoms with Crippen molar-refractivity contribution in [3.05, 3.63) is 81.5 Å². The SMILES string of the molecule is O=c1c(CCc2ccc(F)cc2)c(C2CCN(S(=O)(=O)C3CCCCC3)CC2)[nH]n1-c1nc2ccccc2[nH]1. The first kappa shape index (κ1) is 26.0. The third kappa shape index (κ3) is 5.19. The quantitative estimate of drug-likeness (QED) is 0.344. The minimum absolute atomic E-state index is 0.0318. The molecule has 2 N–H and O–H groups in total. The number of aromatic nitrogens is 4. The third-order valence-corrected chi connectivity index (χ3v) is 10.8. The number of H-pyrrole nitrogens is 2. The van der Waals surface area contributed by atoms with Crippen LogP contribution < -0.4 is 5.56 Å². The Hall–Kier alpha value is -3.24. The lowest BCUT2D eigenvalue weighted by Crippen LogP contribution is -2.43. The molecule has 0 radical (unpaired) electrons. The van der Waals surface area contributed by atoms with Crippen LogP contribution in [0.15, 0.2) is 53.3 Å². The van der Waals surface area contributed by atoms with Gasteiger partial charge < -0.3 is 4.98 Å². The van der Waals surface area contributed by atoms with Gasteiger partial charge in [0.2, 0.25) is 16.0 Å². The smallest absolute Gasteiger partial charge is 0.277 e. The van der Waals surface area contributed by atoms with E-state index in [9.17, 15) is 17.6 Å². The van der Waals surface area contributed by atoms with Crippen LogP contribution >= 0.6 is 0 Å². The number of aryl methyl sites for hydroxylation is 1. The molecule has 10 heteroatoms. The van der Waals surface area contributed by atoms with E-state index in [2.05, 4.69) is 15.1 Å². The summed E-state index contributed by atoms with van der Waals surface area (Å²) in [5.74, 6) is 0.167. The molecule has 6 rings (SSSR count). The predicted octanol–water partition coefficient (Wildman–Crippen LogP) is 4.81. The minimum atomic E-state index is -3.30. The van der Waals surface area contributed by atoms with Gasteiger partial charge in [0, 0.05) is 30.3 Å². The van der Waals surface area contributed by atoms with Crippen molar-refractivity contribution in [2.75, 3.05) is 13.1 Å². The van der Waals surface area contributed by atoms with Gasteiger partial charge in [0.1, 0.15) is 5.82 Å². The molecule has 0 spiro atoms. The van der Waals surface area contributed by atoms with Gasteiger partial charge in [-0.2, -0.15) is 4.68 Å². The van der Waals surface area contributed by atoms with E-state index < -0.39 is 10.0 Å². The van der Waals surface area contributed by atoms with Gasteiger partial charge in [-0.1, -0.05) is 43.5 Å². The van der Waals surface area contributed by atoms with Gasteiger partial charge in [-0.05, 0) is 68.4 Å². The predicted molar refractivity (Wildman–Crippen MR) is 149 cm³/mol. The summed E-state index contributed by atoms with van der Waals surface area (Å²) in [6.45, 7) is 0.914. The van der Waals surface area contributed by atoms with E-state index in [-0.39, 0.29) is 22.5 Å². The van der Waals surface area contributed by atoms with Crippen molar-refractivity contribution < 1.29 is 12.8 Å². The molecule has 1 aliphatic heterocycles. The van der Waals surface area contributed by atoms with E-state index in [0.717, 1.165) is 54.4 Å². The van der Waals surface area contributed by atoms with Gasteiger partial charge in [-0.15, -0.1) is 0 Å². The number of piperidine rings is 1. The number of sulfonamides is 1. The Morgan fingerprint density at radius 1 is 0.923 bits per heavy atom. The molecule has 0 amide bonds. The van der Waals surface area contributed by atoms with Crippen molar-refractivity contribution in [2.45, 2.75) is 69.0 Å². The Morgan fingerprint density at radius 3 is 2.36 bits per heavy atom. The normalized spacial score (nSPS) is 18.2. The fourth-order valence-corrected chi connectivity index (χ4v) is 8.23. The van der Waals surface area contributed by atoms with Crippen molar-refractivity contribution >= 4 is 21.1 Å². The van der Waals surface area contributed by atoms with Gasteiger partial charge >= 0.3 is 0 Å². The molecule has 39 heavy (non-hydrogen) atoms. The van der Waals surface area contributed by atoms with E-state index in [1.165, 1.54) is 16.8 Å². The molecule has 1 saturated carbocycles. The summed E-state index contributed by atoms with van der Waals surface area (Å²) in [6, 6.07) is 14.0. The summed E-state index contributed by atoms with van der Waals surface area (Å²) in [6.07, 6.45) is 6.96. The minimum Gasteiger partial charge on any atom is -0.322 e. The summed E-state index contributed by atoms with van der Waals surface area (Å²) < 4.78 is 43.1. The number of para-hydroxylation sites is 2. The highest BCUT2D eigenvalue weighted by Crippen LogP contribution is 2.33. The molecule has 0 atom stereocenters. The van der Waals surface area contributed by atoms with Crippen LogP contribution in [0.2, 0.25) is 0 Å². The molecule has 2 aromatic carbocycles. The van der Waals surface area contributed by atoms with E-state index >= 15 is 0 Å². The molecule has 0 unspecified atom stereocenters. The highest BCUT2D eigenvalue weighted by molar-refractivity contribution is 7.89. The fraction of sp³-hybridized carbons (Fsp3) is 0.448. The standard InChI is InChI=1S/C29H34FN5O3S/c30-22-13-10-20(11-14-22)12-15-24-27(33-35(28(24)36)29-31-25-8-4-5-9-26(25)32-29)21-16-18-34(19-17-21)39(37,38)23-6-2-1-3-7-23/h4-5,8-11,13-14,21,23,33H,1-3,6-7,12,15-19H2,(H,31,32). The Morgan fingerprint density at radius 2 is 1.64 bits per heavy atom. The van der Waals surface area contributed by atoms with Crippen molar-refractivity contribution in [1.82, 2.24) is 24.1 Å². The lowest BCUT2D eigenvalue weighted by Gasteiger charge is -2.34. The number of halogens is 1. The van der Waals surface area contributed by atoms with Crippen LogP contribution in [0.1, 0.15) is 67.7 Å². The van der Waals surface area contributed by atoms with Crippen molar-refractivity contribution in [3.8, 4) is 5.95 Å². The number of benzene rings is 2. The number of nitrogens with one attached hydrogen (secondary N) is 2. The first-order valence-corrected chi connectivity index (χ1v) is 15.4. The molecule has 2 aromatic heterocycles. The van der Waals surface area contributed by atoms with E-state index in [1.54, 1.807) is 16.4 Å². The average Bonchev–Trinajstić information content (AvgIpc) is 3.54. The second-order valence-electron chi connectivity index (χ2n) is 10.8. The molecule has 4 aromatic rings. The Kier molecular flexibility index (Phi) is 7.16. The zero-order valence-electron chi connectivity index (χ0n) is 21.9. The Bertz CT molecular complexity index is 1580. The Balaban J connectivity index is 1.28. The molecule has 8 nitrogen and oxygen atoms in total. The number of hydrogen-bond donors (Lipinski definition) is 2. The van der Waals surface area contributed by atoms with Gasteiger partial charge in [0.05, 0.1) is 16.3 Å². The molecule has 206 valence electrons. The summed E-state index contributed by atoms with van der Waals surface area (Å²) in [7, 11) is -3.30. The summed E-state index contributed by atoms with van der Waals surface area (Å²) >= 11 is 0. The largest absolute Gasteiger partial charge is 0.322 e. The van der Waals surface area contributed by atoms with Crippen LogP contribution in [0.5, 0.6) is 0 Å². The van der Waals surface area contributed by atoms with Gasteiger partial charge in [0.15, 0.2) is 0 Å². The highest BCUT2D eigenvalue weighted by atomic mass is 32.2. The summed E-state index contributed by atoms with van der Waals surface area (Å²) in [5.41, 5.74) is 3.91. The van der Waals surface area contributed by atoms with Crippen molar-refractivity contribution in [1.29, 1.82) is 0 Å². The number of aromatic amines is 2. The van der Waals surface area contributed by atoms with Crippen LogP contribution in [0, 0.1) is 5.82 Å². The highest BCUT2D eigenvalue weighted by Gasteiger charge is 2.36. The molecule has 2 fully saturated rings. The molecule has 1 aliphatic carbocycles. The average molecular weight is 552 g/mol. The fourth-order valence-electron chi connectivity index (χ4n) is 6.16. The van der Waals surface area contributed by atoms with E-state index in [0.29, 0.717) is 50.3 Å². The van der Waals surface area contributed by atoms with E-state index in [1.807, 2.05) is 24.3 Å². The van der Waals surface area contributed by atoms with Crippen LogP contribution in [0.25, 0.3) is 17.0 Å². The molecule has 0 bridgehead atoms. The maximum Gasteiger partial charge on any atom is 0.277 e. The van der Waals surface area contributed by atoms with E-state index in [4.69, 9.17) is 0 Å². The van der Waals surface area contributed by atoms with Crippen LogP contribution in [-0.4, -0.2) is 50.8 Å². The van der Waals surface area contributed by atoms with Crippen LogP contribution in [0.3, 0.4) is 0 Å². The zero-order valence-corrected chi connectivity index (χ0v) is 22.7. The van der Waals surface area contributed by atoms with Crippen molar-refractivity contribution in [3.63, 3.8) is 0 Å². The molecular formula is C29H34FN5O3S. The molecular weight excluding hydrogens is 517 g/mol. The molecule has 1 saturated heterocycles. The van der Waals surface area contributed by atoms with Crippen LogP contribution in [-0.2, 0) is 22.9 Å². The van der Waals surface area contributed by atoms with Gasteiger partial charge in [-0.3, -0.25) is 9.89 Å². The lowest BCUT2D eigenvalue weighted by atomic mass is 9.90.